The summed E-state index contributed by atoms with van der Waals surface area (Å²) in [5.74, 6) is -0.596. The summed E-state index contributed by atoms with van der Waals surface area (Å²) in [6.45, 7) is 5.19. The number of benzene rings is 2. The van der Waals surface area contributed by atoms with Crippen LogP contribution in [0.3, 0.4) is 0 Å². The summed E-state index contributed by atoms with van der Waals surface area (Å²) >= 11 is 0. The van der Waals surface area contributed by atoms with E-state index in [1.807, 2.05) is 6.92 Å². The molecule has 4 nitrogen and oxygen atoms in total. The first-order chi connectivity index (χ1) is 9.72. The molecule has 0 fully saturated rings. The maximum atomic E-state index is 13.3. The fourth-order valence-corrected chi connectivity index (χ4v) is 3.42. The number of nitrogens with one attached hydrogen (secondary N) is 1. The van der Waals surface area contributed by atoms with Gasteiger partial charge in [-0.05, 0) is 55.7 Å². The van der Waals surface area contributed by atoms with Gasteiger partial charge in [-0.1, -0.05) is 12.1 Å². The smallest absolute Gasteiger partial charge is 0.262 e. The van der Waals surface area contributed by atoms with Crippen LogP contribution in [0.25, 0.3) is 0 Å². The lowest BCUT2D eigenvalue weighted by molar-refractivity contribution is 0.594. The van der Waals surface area contributed by atoms with Gasteiger partial charge in [0.25, 0.3) is 10.0 Å². The van der Waals surface area contributed by atoms with Crippen molar-refractivity contribution in [2.45, 2.75) is 25.7 Å². The summed E-state index contributed by atoms with van der Waals surface area (Å²) in [7, 11) is -3.86. The summed E-state index contributed by atoms with van der Waals surface area (Å²) < 4.78 is 40.6. The quantitative estimate of drug-likeness (QED) is 0.856. The summed E-state index contributed by atoms with van der Waals surface area (Å²) in [6, 6.07) is 7.04. The van der Waals surface area contributed by atoms with Crippen molar-refractivity contribution >= 4 is 21.4 Å². The van der Waals surface area contributed by atoms with Gasteiger partial charge in [-0.25, -0.2) is 12.8 Å². The van der Waals surface area contributed by atoms with Crippen molar-refractivity contribution in [3.05, 3.63) is 52.8 Å². The molecular weight excluding hydrogens is 291 g/mol. The Morgan fingerprint density at radius 3 is 2.33 bits per heavy atom. The number of halogens is 1. The highest BCUT2D eigenvalue weighted by Gasteiger charge is 2.19. The van der Waals surface area contributed by atoms with Crippen LogP contribution in [-0.2, 0) is 10.0 Å². The van der Waals surface area contributed by atoms with E-state index < -0.39 is 15.8 Å². The molecule has 0 aliphatic carbocycles. The third-order valence-electron chi connectivity index (χ3n) is 3.42. The van der Waals surface area contributed by atoms with Gasteiger partial charge in [0, 0.05) is 5.69 Å². The minimum absolute atomic E-state index is 0.0824. The van der Waals surface area contributed by atoms with Crippen molar-refractivity contribution in [1.82, 2.24) is 0 Å². The zero-order chi connectivity index (χ0) is 15.8. The highest BCUT2D eigenvalue weighted by atomic mass is 32.2. The van der Waals surface area contributed by atoms with Gasteiger partial charge in [0.1, 0.15) is 5.82 Å². The van der Waals surface area contributed by atoms with E-state index in [9.17, 15) is 12.8 Å². The first kappa shape index (κ1) is 15.3. The molecule has 0 aliphatic heterocycles. The first-order valence-corrected chi connectivity index (χ1v) is 7.85. The van der Waals surface area contributed by atoms with Gasteiger partial charge < -0.3 is 5.73 Å². The van der Waals surface area contributed by atoms with E-state index in [2.05, 4.69) is 4.72 Å². The number of hydrogen-bond acceptors (Lipinski definition) is 3. The molecule has 0 atom stereocenters. The molecule has 21 heavy (non-hydrogen) atoms. The molecule has 0 aliphatic rings. The van der Waals surface area contributed by atoms with Crippen molar-refractivity contribution < 1.29 is 12.8 Å². The molecule has 0 aromatic heterocycles. The van der Waals surface area contributed by atoms with Crippen LogP contribution in [0, 0.1) is 26.6 Å². The van der Waals surface area contributed by atoms with Gasteiger partial charge in [0.05, 0.1) is 10.6 Å². The van der Waals surface area contributed by atoms with Gasteiger partial charge in [0.2, 0.25) is 0 Å². The third-order valence-corrected chi connectivity index (χ3v) is 4.92. The summed E-state index contributed by atoms with van der Waals surface area (Å²) in [6.07, 6.45) is 0. The lowest BCUT2D eigenvalue weighted by Gasteiger charge is -2.14. The topological polar surface area (TPSA) is 72.2 Å². The molecule has 0 unspecified atom stereocenters. The highest BCUT2D eigenvalue weighted by molar-refractivity contribution is 7.92. The van der Waals surface area contributed by atoms with Crippen molar-refractivity contribution in [3.8, 4) is 0 Å². The number of nitrogen functional groups attached to an aromatic ring is 1. The van der Waals surface area contributed by atoms with Crippen molar-refractivity contribution in [2.24, 2.45) is 0 Å². The molecule has 0 radical (unpaired) electrons. The molecule has 0 amide bonds. The van der Waals surface area contributed by atoms with Crippen LogP contribution in [0.2, 0.25) is 0 Å². The Hall–Kier alpha value is -2.08. The molecule has 6 heteroatoms. The number of sulfonamides is 1. The number of anilines is 2. The molecule has 0 heterocycles. The molecular formula is C15H17FN2O2S. The minimum Gasteiger partial charge on any atom is -0.398 e. The summed E-state index contributed by atoms with van der Waals surface area (Å²) in [5.41, 5.74) is 8.82. The number of nitrogens with two attached hydrogens (primary N) is 1. The Morgan fingerprint density at radius 2 is 1.67 bits per heavy atom. The Morgan fingerprint density at radius 1 is 1.05 bits per heavy atom. The predicted octanol–water partition coefficient (Wildman–Crippen LogP) is 3.13. The highest BCUT2D eigenvalue weighted by Crippen LogP contribution is 2.27. The Bertz CT molecular complexity index is 802. The monoisotopic (exact) mass is 308 g/mol. The van der Waals surface area contributed by atoms with Crippen LogP contribution in [-0.4, -0.2) is 8.42 Å². The number of aryl methyl sites for hydroxylation is 2. The van der Waals surface area contributed by atoms with Gasteiger partial charge in [-0.2, -0.15) is 0 Å². The largest absolute Gasteiger partial charge is 0.398 e. The average Bonchev–Trinajstić information content (AvgIpc) is 2.42. The second-order valence-corrected chi connectivity index (χ2v) is 6.63. The normalized spacial score (nSPS) is 11.4. The van der Waals surface area contributed by atoms with Crippen LogP contribution in [0.5, 0.6) is 0 Å². The summed E-state index contributed by atoms with van der Waals surface area (Å²) in [4.78, 5) is -0.0824. The number of hydrogen-bond donors (Lipinski definition) is 2. The van der Waals surface area contributed by atoms with Crippen LogP contribution >= 0.6 is 0 Å². The molecule has 2 rings (SSSR count). The van der Waals surface area contributed by atoms with Crippen LogP contribution in [0.4, 0.5) is 15.8 Å². The Kier molecular flexibility index (Phi) is 3.91. The summed E-state index contributed by atoms with van der Waals surface area (Å²) in [5, 5.41) is 0. The lowest BCUT2D eigenvalue weighted by Crippen LogP contribution is -2.16. The maximum absolute atomic E-state index is 13.3. The molecule has 0 bridgehead atoms. The maximum Gasteiger partial charge on any atom is 0.262 e. The van der Waals surface area contributed by atoms with Crippen molar-refractivity contribution in [2.75, 3.05) is 10.5 Å². The third kappa shape index (κ3) is 3.00. The second-order valence-electron chi connectivity index (χ2n) is 4.98. The van der Waals surface area contributed by atoms with Crippen molar-refractivity contribution in [3.63, 3.8) is 0 Å². The van der Waals surface area contributed by atoms with E-state index in [1.165, 1.54) is 12.1 Å². The molecule has 112 valence electrons. The van der Waals surface area contributed by atoms with E-state index >= 15 is 0 Å². The van der Waals surface area contributed by atoms with E-state index in [0.717, 1.165) is 11.6 Å². The minimum atomic E-state index is -3.86. The van der Waals surface area contributed by atoms with Crippen LogP contribution in [0.15, 0.2) is 35.2 Å². The molecule has 2 aromatic carbocycles. The molecule has 0 saturated heterocycles. The van der Waals surface area contributed by atoms with E-state index in [4.69, 9.17) is 5.73 Å². The Balaban J connectivity index is 2.47. The zero-order valence-electron chi connectivity index (χ0n) is 12.1. The molecule has 0 saturated carbocycles. The fraction of sp³-hybridized carbons (Fsp3) is 0.200. The SMILES string of the molecule is Cc1ccc(F)cc1S(=O)(=O)Nc1ccc(C)c(N)c1C. The van der Waals surface area contributed by atoms with Crippen LogP contribution in [0.1, 0.15) is 16.7 Å². The van der Waals surface area contributed by atoms with E-state index in [1.54, 1.807) is 26.0 Å². The van der Waals surface area contributed by atoms with Gasteiger partial charge in [-0.3, -0.25) is 4.72 Å². The van der Waals surface area contributed by atoms with E-state index in [-0.39, 0.29) is 4.90 Å². The fourth-order valence-electron chi connectivity index (χ4n) is 2.04. The van der Waals surface area contributed by atoms with Crippen molar-refractivity contribution in [1.29, 1.82) is 0 Å². The number of rotatable bonds is 3. The predicted molar refractivity (Wildman–Crippen MR) is 82.3 cm³/mol. The molecule has 2 aromatic rings. The van der Waals surface area contributed by atoms with E-state index in [0.29, 0.717) is 22.5 Å². The first-order valence-electron chi connectivity index (χ1n) is 6.37. The van der Waals surface area contributed by atoms with Gasteiger partial charge >= 0.3 is 0 Å². The molecule has 0 spiro atoms. The average molecular weight is 308 g/mol. The lowest BCUT2D eigenvalue weighted by atomic mass is 10.1. The van der Waals surface area contributed by atoms with Crippen LogP contribution < -0.4 is 10.5 Å². The van der Waals surface area contributed by atoms with Gasteiger partial charge in [-0.15, -0.1) is 0 Å². The standard InChI is InChI=1S/C15H17FN2O2S/c1-9-4-6-12(16)8-14(9)21(19,20)18-13-7-5-10(2)15(17)11(13)3/h4-8,18H,17H2,1-3H3. The van der Waals surface area contributed by atoms with Gasteiger partial charge in [0.15, 0.2) is 0 Å². The second kappa shape index (κ2) is 5.37. The zero-order valence-corrected chi connectivity index (χ0v) is 12.9. The Labute approximate surface area is 123 Å². The molecule has 3 N–H and O–H groups in total.